The topological polar surface area (TPSA) is 0 Å². The molecule has 0 amide bonds. The summed E-state index contributed by atoms with van der Waals surface area (Å²) in [4.78, 5) is 0. The van der Waals surface area contributed by atoms with Gasteiger partial charge in [0, 0.05) is 5.03 Å². The second-order valence-corrected chi connectivity index (χ2v) is 4.39. The van der Waals surface area contributed by atoms with E-state index in [1.165, 1.54) is 18.4 Å². The molecule has 1 atom stereocenters. The molecule has 1 unspecified atom stereocenters. The fraction of sp³-hybridized carbons (Fsp3) is 0.800. The smallest absolute Gasteiger partial charge is 0.0173 e. The lowest BCUT2D eigenvalue weighted by atomic mass is 9.83. The van der Waals surface area contributed by atoms with Gasteiger partial charge in [-0.1, -0.05) is 31.0 Å². The number of rotatable bonds is 1. The lowest BCUT2D eigenvalue weighted by Crippen LogP contribution is -2.13. The number of hydrogen-bond donors (Lipinski definition) is 0. The zero-order chi connectivity index (χ0) is 8.43. The Balaban J connectivity index is 2.57. The maximum Gasteiger partial charge on any atom is 0.0173 e. The Morgan fingerprint density at radius 2 is 2.09 bits per heavy atom. The Hall–Kier alpha value is 0.0300. The Morgan fingerprint density at radius 3 is 2.55 bits per heavy atom. The molecule has 0 saturated heterocycles. The summed E-state index contributed by atoms with van der Waals surface area (Å²) in [6.07, 6.45) is 3.66. The summed E-state index contributed by atoms with van der Waals surface area (Å²) >= 11 is 6.09. The molecule has 0 aromatic carbocycles. The summed E-state index contributed by atoms with van der Waals surface area (Å²) in [5.41, 5.74) is 1.41. The summed E-state index contributed by atoms with van der Waals surface area (Å²) in [5.74, 6) is 1.61. The van der Waals surface area contributed by atoms with Gasteiger partial charge < -0.3 is 0 Å². The van der Waals surface area contributed by atoms with Gasteiger partial charge in [-0.2, -0.15) is 0 Å². The van der Waals surface area contributed by atoms with Crippen LogP contribution in [0.4, 0.5) is 0 Å². The van der Waals surface area contributed by atoms with E-state index in [-0.39, 0.29) is 0 Å². The van der Waals surface area contributed by atoms with Gasteiger partial charge >= 0.3 is 0 Å². The van der Waals surface area contributed by atoms with E-state index in [9.17, 15) is 0 Å². The standard InChI is InChI=1S/C10H17Cl/c1-7(2)9-5-4-8(3)10(11)6-9/h7,9H,4-6H2,1-3H3. The van der Waals surface area contributed by atoms with Crippen LogP contribution in [0.15, 0.2) is 10.6 Å². The summed E-state index contributed by atoms with van der Waals surface area (Å²) < 4.78 is 0. The van der Waals surface area contributed by atoms with Crippen LogP contribution in [0.25, 0.3) is 0 Å². The first kappa shape index (κ1) is 9.12. The van der Waals surface area contributed by atoms with E-state index in [4.69, 9.17) is 11.6 Å². The molecule has 64 valence electrons. The molecule has 0 N–H and O–H groups in total. The molecule has 0 radical (unpaired) electrons. The van der Waals surface area contributed by atoms with Crippen LogP contribution in [0, 0.1) is 11.8 Å². The predicted molar refractivity (Wildman–Crippen MR) is 50.7 cm³/mol. The largest absolute Gasteiger partial charge is 0.0892 e. The van der Waals surface area contributed by atoms with E-state index in [0.29, 0.717) is 0 Å². The number of hydrogen-bond acceptors (Lipinski definition) is 0. The van der Waals surface area contributed by atoms with Gasteiger partial charge in [0.05, 0.1) is 0 Å². The van der Waals surface area contributed by atoms with E-state index in [1.54, 1.807) is 0 Å². The highest BCUT2D eigenvalue weighted by Gasteiger charge is 2.19. The average Bonchev–Trinajstić information content (AvgIpc) is 1.94. The fourth-order valence-corrected chi connectivity index (χ4v) is 1.91. The summed E-state index contributed by atoms with van der Waals surface area (Å²) in [6, 6.07) is 0. The highest BCUT2D eigenvalue weighted by Crippen LogP contribution is 2.35. The Bertz CT molecular complexity index is 168. The van der Waals surface area contributed by atoms with Gasteiger partial charge in [0.25, 0.3) is 0 Å². The average molecular weight is 173 g/mol. The molecule has 0 saturated carbocycles. The van der Waals surface area contributed by atoms with Crippen LogP contribution >= 0.6 is 11.6 Å². The summed E-state index contributed by atoms with van der Waals surface area (Å²) in [5, 5.41) is 1.12. The van der Waals surface area contributed by atoms with Gasteiger partial charge in [-0.3, -0.25) is 0 Å². The van der Waals surface area contributed by atoms with Crippen LogP contribution in [-0.4, -0.2) is 0 Å². The Morgan fingerprint density at radius 1 is 1.45 bits per heavy atom. The second-order valence-electron chi connectivity index (χ2n) is 3.93. The van der Waals surface area contributed by atoms with Crippen molar-refractivity contribution in [3.63, 3.8) is 0 Å². The van der Waals surface area contributed by atoms with Crippen LogP contribution in [-0.2, 0) is 0 Å². The number of halogens is 1. The van der Waals surface area contributed by atoms with Crippen molar-refractivity contribution < 1.29 is 0 Å². The minimum absolute atomic E-state index is 0.789. The third kappa shape index (κ3) is 2.23. The lowest BCUT2D eigenvalue weighted by molar-refractivity contribution is 0.347. The van der Waals surface area contributed by atoms with Gasteiger partial charge in [0.1, 0.15) is 0 Å². The van der Waals surface area contributed by atoms with E-state index in [1.807, 2.05) is 0 Å². The SMILES string of the molecule is CC1=C(Cl)CC(C(C)C)CC1. The van der Waals surface area contributed by atoms with Crippen molar-refractivity contribution in [2.24, 2.45) is 11.8 Å². The molecule has 0 fully saturated rings. The van der Waals surface area contributed by atoms with E-state index >= 15 is 0 Å². The maximum absolute atomic E-state index is 6.09. The quantitative estimate of drug-likeness (QED) is 0.562. The van der Waals surface area contributed by atoms with Crippen LogP contribution in [0.1, 0.15) is 40.0 Å². The van der Waals surface area contributed by atoms with Crippen molar-refractivity contribution in [2.45, 2.75) is 40.0 Å². The first-order chi connectivity index (χ1) is 5.11. The highest BCUT2D eigenvalue weighted by molar-refractivity contribution is 6.30. The predicted octanol–water partition coefficient (Wildman–Crippen LogP) is 3.96. The zero-order valence-electron chi connectivity index (χ0n) is 7.65. The van der Waals surface area contributed by atoms with E-state index < -0.39 is 0 Å². The van der Waals surface area contributed by atoms with Crippen molar-refractivity contribution in [3.8, 4) is 0 Å². The monoisotopic (exact) mass is 172 g/mol. The maximum atomic E-state index is 6.09. The molecule has 0 heterocycles. The van der Waals surface area contributed by atoms with Crippen molar-refractivity contribution >= 4 is 11.6 Å². The molecule has 1 heteroatoms. The minimum Gasteiger partial charge on any atom is -0.0892 e. The normalized spacial score (nSPS) is 26.5. The summed E-state index contributed by atoms with van der Waals surface area (Å²) in [7, 11) is 0. The molecular formula is C10H17Cl. The minimum atomic E-state index is 0.789. The molecule has 11 heavy (non-hydrogen) atoms. The van der Waals surface area contributed by atoms with Gasteiger partial charge in [-0.05, 0) is 38.0 Å². The van der Waals surface area contributed by atoms with Gasteiger partial charge in [0.2, 0.25) is 0 Å². The second kappa shape index (κ2) is 3.62. The summed E-state index contributed by atoms with van der Waals surface area (Å²) in [6.45, 7) is 6.73. The van der Waals surface area contributed by atoms with Crippen LogP contribution in [0.5, 0.6) is 0 Å². The Labute approximate surface area is 74.6 Å². The molecule has 1 aliphatic rings. The van der Waals surface area contributed by atoms with Gasteiger partial charge in [-0.25, -0.2) is 0 Å². The molecular weight excluding hydrogens is 156 g/mol. The molecule has 0 bridgehead atoms. The molecule has 0 aromatic heterocycles. The molecule has 0 aromatic rings. The Kier molecular flexibility index (Phi) is 3.00. The first-order valence-electron chi connectivity index (χ1n) is 4.45. The van der Waals surface area contributed by atoms with Crippen molar-refractivity contribution in [1.29, 1.82) is 0 Å². The van der Waals surface area contributed by atoms with Crippen LogP contribution < -0.4 is 0 Å². The third-order valence-electron chi connectivity index (χ3n) is 2.74. The highest BCUT2D eigenvalue weighted by atomic mass is 35.5. The molecule has 0 aliphatic heterocycles. The molecule has 0 nitrogen and oxygen atoms in total. The zero-order valence-corrected chi connectivity index (χ0v) is 8.41. The lowest BCUT2D eigenvalue weighted by Gasteiger charge is -2.25. The van der Waals surface area contributed by atoms with E-state index in [2.05, 4.69) is 20.8 Å². The van der Waals surface area contributed by atoms with Crippen LogP contribution in [0.2, 0.25) is 0 Å². The van der Waals surface area contributed by atoms with Crippen molar-refractivity contribution in [3.05, 3.63) is 10.6 Å². The van der Waals surface area contributed by atoms with Crippen molar-refractivity contribution in [1.82, 2.24) is 0 Å². The fourth-order valence-electron chi connectivity index (χ4n) is 1.61. The third-order valence-corrected chi connectivity index (χ3v) is 3.21. The van der Waals surface area contributed by atoms with Crippen LogP contribution in [0.3, 0.4) is 0 Å². The van der Waals surface area contributed by atoms with Crippen molar-refractivity contribution in [2.75, 3.05) is 0 Å². The molecule has 0 spiro atoms. The van der Waals surface area contributed by atoms with Gasteiger partial charge in [-0.15, -0.1) is 0 Å². The van der Waals surface area contributed by atoms with E-state index in [0.717, 1.165) is 23.3 Å². The number of allylic oxidation sites excluding steroid dienone is 2. The molecule has 1 rings (SSSR count). The van der Waals surface area contributed by atoms with Gasteiger partial charge in [0.15, 0.2) is 0 Å². The first-order valence-corrected chi connectivity index (χ1v) is 4.83. The molecule has 1 aliphatic carbocycles.